The van der Waals surface area contributed by atoms with Crippen molar-refractivity contribution in [3.8, 4) is 0 Å². The van der Waals surface area contributed by atoms with Crippen LogP contribution in [0.4, 0.5) is 10.1 Å². The molecule has 2 N–H and O–H groups in total. The Labute approximate surface area is 103 Å². The summed E-state index contributed by atoms with van der Waals surface area (Å²) in [5.41, 5.74) is 7.42. The van der Waals surface area contributed by atoms with Crippen molar-refractivity contribution in [2.75, 3.05) is 12.8 Å². The van der Waals surface area contributed by atoms with Crippen LogP contribution < -0.4 is 5.73 Å². The predicted octanol–water partition coefficient (Wildman–Crippen LogP) is 3.17. The molecule has 0 unspecified atom stereocenters. The molecule has 17 heavy (non-hydrogen) atoms. The van der Waals surface area contributed by atoms with Crippen molar-refractivity contribution in [1.29, 1.82) is 0 Å². The van der Waals surface area contributed by atoms with Crippen LogP contribution in [0.25, 0.3) is 0 Å². The van der Waals surface area contributed by atoms with Crippen molar-refractivity contribution >= 4 is 5.69 Å². The van der Waals surface area contributed by atoms with Crippen LogP contribution in [0.1, 0.15) is 37.7 Å². The van der Waals surface area contributed by atoms with E-state index in [2.05, 4.69) is 11.9 Å². The van der Waals surface area contributed by atoms with Gasteiger partial charge in [0.15, 0.2) is 0 Å². The van der Waals surface area contributed by atoms with Crippen molar-refractivity contribution in [3.63, 3.8) is 0 Å². The van der Waals surface area contributed by atoms with E-state index < -0.39 is 0 Å². The summed E-state index contributed by atoms with van der Waals surface area (Å²) in [5.74, 6) is -0.258. The first-order chi connectivity index (χ1) is 8.16. The molecule has 2 rings (SSSR count). The lowest BCUT2D eigenvalue weighted by Gasteiger charge is -2.31. The van der Waals surface area contributed by atoms with Gasteiger partial charge in [0.05, 0.1) is 0 Å². The molecule has 0 radical (unpaired) electrons. The van der Waals surface area contributed by atoms with E-state index in [4.69, 9.17) is 5.73 Å². The summed E-state index contributed by atoms with van der Waals surface area (Å²) in [6, 6.07) is 5.35. The number of hydrogen-bond acceptors (Lipinski definition) is 2. The predicted molar refractivity (Wildman–Crippen MR) is 69.2 cm³/mol. The lowest BCUT2D eigenvalue weighted by Crippen LogP contribution is -2.33. The van der Waals surface area contributed by atoms with Gasteiger partial charge in [-0.1, -0.05) is 25.3 Å². The molecule has 0 amide bonds. The van der Waals surface area contributed by atoms with Crippen LogP contribution in [-0.4, -0.2) is 18.0 Å². The summed E-state index contributed by atoms with van der Waals surface area (Å²) in [7, 11) is 2.14. The lowest BCUT2D eigenvalue weighted by molar-refractivity contribution is 0.185. The number of hydrogen-bond donors (Lipinski definition) is 1. The zero-order valence-corrected chi connectivity index (χ0v) is 10.5. The number of nitrogens with zero attached hydrogens (tertiary/aromatic N) is 1. The van der Waals surface area contributed by atoms with Crippen molar-refractivity contribution in [3.05, 3.63) is 29.6 Å². The molecular formula is C14H21FN2. The van der Waals surface area contributed by atoms with E-state index in [0.717, 1.165) is 12.1 Å². The highest BCUT2D eigenvalue weighted by Crippen LogP contribution is 2.24. The summed E-state index contributed by atoms with van der Waals surface area (Å²) in [5, 5.41) is 0. The molecule has 0 atom stereocenters. The third-order valence-corrected chi connectivity index (χ3v) is 3.73. The minimum Gasteiger partial charge on any atom is -0.398 e. The zero-order valence-electron chi connectivity index (χ0n) is 10.5. The fourth-order valence-electron chi connectivity index (χ4n) is 2.63. The molecule has 0 spiro atoms. The van der Waals surface area contributed by atoms with E-state index in [1.807, 2.05) is 0 Å². The Balaban J connectivity index is 1.99. The second-order valence-electron chi connectivity index (χ2n) is 5.05. The summed E-state index contributed by atoms with van der Waals surface area (Å²) in [6.07, 6.45) is 6.57. The maximum atomic E-state index is 12.9. The molecule has 3 heteroatoms. The molecule has 1 aromatic carbocycles. The van der Waals surface area contributed by atoms with Gasteiger partial charge in [-0.05, 0) is 37.6 Å². The minimum atomic E-state index is -0.258. The Bertz CT molecular complexity index is 372. The Morgan fingerprint density at radius 1 is 1.29 bits per heavy atom. The zero-order chi connectivity index (χ0) is 12.3. The van der Waals surface area contributed by atoms with Gasteiger partial charge < -0.3 is 5.73 Å². The van der Waals surface area contributed by atoms with Crippen LogP contribution in [0.3, 0.4) is 0 Å². The molecule has 2 nitrogen and oxygen atoms in total. The van der Waals surface area contributed by atoms with Gasteiger partial charge in [0.2, 0.25) is 0 Å². The average Bonchev–Trinajstić information content (AvgIpc) is 2.34. The number of halogens is 1. The number of rotatable bonds is 3. The molecule has 0 aliphatic heterocycles. The van der Waals surface area contributed by atoms with E-state index in [9.17, 15) is 4.39 Å². The van der Waals surface area contributed by atoms with Crippen LogP contribution in [0.2, 0.25) is 0 Å². The molecule has 94 valence electrons. The smallest absolute Gasteiger partial charge is 0.125 e. The fraction of sp³-hybridized carbons (Fsp3) is 0.571. The minimum absolute atomic E-state index is 0.258. The third-order valence-electron chi connectivity index (χ3n) is 3.73. The van der Waals surface area contributed by atoms with E-state index in [0.29, 0.717) is 11.7 Å². The molecule has 0 heterocycles. The molecule has 0 bridgehead atoms. The van der Waals surface area contributed by atoms with Crippen LogP contribution in [0.15, 0.2) is 18.2 Å². The number of benzene rings is 1. The Morgan fingerprint density at radius 3 is 2.65 bits per heavy atom. The first-order valence-electron chi connectivity index (χ1n) is 6.41. The molecule has 1 aromatic rings. The van der Waals surface area contributed by atoms with E-state index >= 15 is 0 Å². The highest BCUT2D eigenvalue weighted by Gasteiger charge is 2.18. The van der Waals surface area contributed by atoms with Crippen molar-refractivity contribution in [2.24, 2.45) is 0 Å². The van der Waals surface area contributed by atoms with E-state index in [1.165, 1.54) is 44.2 Å². The largest absolute Gasteiger partial charge is 0.398 e. The molecule has 0 saturated heterocycles. The quantitative estimate of drug-likeness (QED) is 0.817. The number of anilines is 1. The number of nitrogens with two attached hydrogens (primary N) is 1. The maximum Gasteiger partial charge on any atom is 0.125 e. The first kappa shape index (κ1) is 12.4. The number of nitrogen functional groups attached to an aromatic ring is 1. The van der Waals surface area contributed by atoms with Gasteiger partial charge in [0, 0.05) is 18.3 Å². The SMILES string of the molecule is CN(Cc1ccc(F)cc1N)C1CCCCC1. The highest BCUT2D eigenvalue weighted by atomic mass is 19.1. The third kappa shape index (κ3) is 3.19. The van der Waals surface area contributed by atoms with Crippen LogP contribution in [0, 0.1) is 5.82 Å². The Kier molecular flexibility index (Phi) is 4.00. The summed E-state index contributed by atoms with van der Waals surface area (Å²) in [6.45, 7) is 0.816. The standard InChI is InChI=1S/C14H21FN2/c1-17(13-5-3-2-4-6-13)10-11-7-8-12(15)9-14(11)16/h7-9,13H,2-6,10,16H2,1H3. The van der Waals surface area contributed by atoms with Gasteiger partial charge in [-0.3, -0.25) is 4.90 Å². The highest BCUT2D eigenvalue weighted by molar-refractivity contribution is 5.46. The average molecular weight is 236 g/mol. The van der Waals surface area contributed by atoms with Gasteiger partial charge in [-0.2, -0.15) is 0 Å². The first-order valence-corrected chi connectivity index (χ1v) is 6.41. The molecule has 1 aliphatic rings. The van der Waals surface area contributed by atoms with Crippen LogP contribution >= 0.6 is 0 Å². The second-order valence-corrected chi connectivity index (χ2v) is 5.05. The van der Waals surface area contributed by atoms with E-state index in [1.54, 1.807) is 6.07 Å². The molecule has 1 aliphatic carbocycles. The van der Waals surface area contributed by atoms with Gasteiger partial charge in [-0.15, -0.1) is 0 Å². The summed E-state index contributed by atoms with van der Waals surface area (Å²) < 4.78 is 12.9. The fourth-order valence-corrected chi connectivity index (χ4v) is 2.63. The van der Waals surface area contributed by atoms with Gasteiger partial charge in [-0.25, -0.2) is 4.39 Å². The Hall–Kier alpha value is -1.09. The van der Waals surface area contributed by atoms with E-state index in [-0.39, 0.29) is 5.82 Å². The second kappa shape index (κ2) is 5.50. The summed E-state index contributed by atoms with van der Waals surface area (Å²) >= 11 is 0. The van der Waals surface area contributed by atoms with Gasteiger partial charge in [0.25, 0.3) is 0 Å². The van der Waals surface area contributed by atoms with Crippen LogP contribution in [-0.2, 0) is 6.54 Å². The Morgan fingerprint density at radius 2 is 2.00 bits per heavy atom. The maximum absolute atomic E-state index is 12.9. The molecule has 0 aromatic heterocycles. The lowest BCUT2D eigenvalue weighted by atomic mass is 9.94. The van der Waals surface area contributed by atoms with Crippen LogP contribution in [0.5, 0.6) is 0 Å². The van der Waals surface area contributed by atoms with Crippen molar-refractivity contribution in [2.45, 2.75) is 44.7 Å². The van der Waals surface area contributed by atoms with Crippen molar-refractivity contribution in [1.82, 2.24) is 4.90 Å². The van der Waals surface area contributed by atoms with Gasteiger partial charge in [0.1, 0.15) is 5.82 Å². The monoisotopic (exact) mass is 236 g/mol. The molecular weight excluding hydrogens is 215 g/mol. The van der Waals surface area contributed by atoms with Gasteiger partial charge >= 0.3 is 0 Å². The molecule has 1 saturated carbocycles. The molecule has 1 fully saturated rings. The topological polar surface area (TPSA) is 29.3 Å². The summed E-state index contributed by atoms with van der Waals surface area (Å²) in [4.78, 5) is 2.35. The normalized spacial score (nSPS) is 17.6. The van der Waals surface area contributed by atoms with Crippen molar-refractivity contribution < 1.29 is 4.39 Å².